The zero-order valence-electron chi connectivity index (χ0n) is 12.3. The summed E-state index contributed by atoms with van der Waals surface area (Å²) in [6, 6.07) is 1.43. The molecule has 0 bridgehead atoms. The highest BCUT2D eigenvalue weighted by atomic mass is 16.5. The number of aliphatic hydroxyl groups is 1. The second-order valence-electron chi connectivity index (χ2n) is 5.06. The Hall–Kier alpha value is -1.39. The summed E-state index contributed by atoms with van der Waals surface area (Å²) >= 11 is 0. The van der Waals surface area contributed by atoms with Gasteiger partial charge in [-0.05, 0) is 55.5 Å². The number of carbonyl (C=O) groups is 1. The minimum absolute atomic E-state index is 0.00351. The third-order valence-corrected chi connectivity index (χ3v) is 3.76. The van der Waals surface area contributed by atoms with Crippen molar-refractivity contribution in [1.29, 1.82) is 0 Å². The summed E-state index contributed by atoms with van der Waals surface area (Å²) in [6.45, 7) is 7.93. The van der Waals surface area contributed by atoms with Gasteiger partial charge in [0.05, 0.1) is 19.6 Å². The molecular formula is C15H23NO3. The smallest absolute Gasteiger partial charge is 0.307 e. The number of nitrogens with two attached hydrogens (primary N) is 1. The topological polar surface area (TPSA) is 72.5 Å². The molecule has 4 heteroatoms. The van der Waals surface area contributed by atoms with Crippen molar-refractivity contribution in [2.24, 2.45) is 5.73 Å². The van der Waals surface area contributed by atoms with E-state index in [0.29, 0.717) is 0 Å². The maximum Gasteiger partial charge on any atom is 0.307 e. The molecule has 19 heavy (non-hydrogen) atoms. The molecule has 0 heterocycles. The van der Waals surface area contributed by atoms with Crippen LogP contribution in [-0.4, -0.2) is 24.2 Å². The Morgan fingerprint density at radius 3 is 2.16 bits per heavy atom. The molecule has 0 saturated heterocycles. The van der Waals surface area contributed by atoms with Crippen molar-refractivity contribution in [3.8, 4) is 0 Å². The van der Waals surface area contributed by atoms with Gasteiger partial charge >= 0.3 is 5.97 Å². The minimum Gasteiger partial charge on any atom is -0.469 e. The third-order valence-electron chi connectivity index (χ3n) is 3.76. The normalized spacial score (nSPS) is 14.1. The number of aryl methyl sites for hydroxylation is 2. The molecule has 0 radical (unpaired) electrons. The number of carbonyl (C=O) groups excluding carboxylic acids is 1. The summed E-state index contributed by atoms with van der Waals surface area (Å²) < 4.78 is 4.58. The molecule has 0 fully saturated rings. The van der Waals surface area contributed by atoms with Crippen LogP contribution in [0.2, 0.25) is 0 Å². The summed E-state index contributed by atoms with van der Waals surface area (Å²) in [7, 11) is 1.31. The lowest BCUT2D eigenvalue weighted by Gasteiger charge is -2.24. The van der Waals surface area contributed by atoms with E-state index < -0.39 is 18.1 Å². The quantitative estimate of drug-likeness (QED) is 0.815. The first-order valence-corrected chi connectivity index (χ1v) is 6.37. The van der Waals surface area contributed by atoms with Crippen LogP contribution in [0.4, 0.5) is 0 Å². The zero-order chi connectivity index (χ0) is 14.7. The summed E-state index contributed by atoms with van der Waals surface area (Å²) in [5.74, 6) is -0.411. The number of hydrogen-bond donors (Lipinski definition) is 2. The summed E-state index contributed by atoms with van der Waals surface area (Å²) in [5.41, 5.74) is 11.0. The second-order valence-corrected chi connectivity index (χ2v) is 5.06. The van der Waals surface area contributed by atoms with Crippen LogP contribution >= 0.6 is 0 Å². The molecule has 106 valence electrons. The second kappa shape index (κ2) is 6.17. The van der Waals surface area contributed by atoms with Gasteiger partial charge in [0.2, 0.25) is 0 Å². The van der Waals surface area contributed by atoms with E-state index in [1.165, 1.54) is 7.11 Å². The van der Waals surface area contributed by atoms with Crippen molar-refractivity contribution in [3.63, 3.8) is 0 Å². The molecule has 0 amide bonds. The Morgan fingerprint density at radius 2 is 1.74 bits per heavy atom. The van der Waals surface area contributed by atoms with Gasteiger partial charge in [0, 0.05) is 6.04 Å². The molecule has 1 aromatic carbocycles. The molecule has 0 aliphatic carbocycles. The molecule has 2 atom stereocenters. The molecule has 2 unspecified atom stereocenters. The Balaban J connectivity index is 3.12. The summed E-state index contributed by atoms with van der Waals surface area (Å²) in [4.78, 5) is 11.2. The number of aliphatic hydroxyl groups excluding tert-OH is 1. The number of esters is 1. The van der Waals surface area contributed by atoms with Crippen molar-refractivity contribution in [3.05, 3.63) is 33.9 Å². The predicted octanol–water partition coefficient (Wildman–Crippen LogP) is 1.84. The zero-order valence-corrected chi connectivity index (χ0v) is 12.3. The van der Waals surface area contributed by atoms with E-state index in [0.717, 1.165) is 27.8 Å². The van der Waals surface area contributed by atoms with Gasteiger partial charge in [0.1, 0.15) is 0 Å². The van der Waals surface area contributed by atoms with Gasteiger partial charge < -0.3 is 15.6 Å². The molecule has 0 aliphatic rings. The predicted molar refractivity (Wildman–Crippen MR) is 75.0 cm³/mol. The van der Waals surface area contributed by atoms with Crippen LogP contribution in [0, 0.1) is 27.7 Å². The molecule has 0 spiro atoms. The van der Waals surface area contributed by atoms with Gasteiger partial charge in [-0.25, -0.2) is 0 Å². The van der Waals surface area contributed by atoms with E-state index in [-0.39, 0.29) is 6.42 Å². The van der Waals surface area contributed by atoms with E-state index in [2.05, 4.69) is 10.8 Å². The molecule has 3 N–H and O–H groups in total. The van der Waals surface area contributed by atoms with Crippen molar-refractivity contribution >= 4 is 5.97 Å². The number of benzene rings is 1. The first-order chi connectivity index (χ1) is 8.79. The van der Waals surface area contributed by atoms with Crippen LogP contribution in [0.25, 0.3) is 0 Å². The lowest BCUT2D eigenvalue weighted by atomic mass is 9.88. The van der Waals surface area contributed by atoms with Crippen molar-refractivity contribution < 1.29 is 14.6 Å². The fraction of sp³-hybridized carbons (Fsp3) is 0.533. The van der Waals surface area contributed by atoms with Gasteiger partial charge in [-0.1, -0.05) is 6.07 Å². The highest BCUT2D eigenvalue weighted by Gasteiger charge is 2.24. The van der Waals surface area contributed by atoms with Crippen LogP contribution < -0.4 is 5.73 Å². The SMILES string of the molecule is COC(=O)CC(N)C(O)c1c(C)c(C)cc(C)c1C. The van der Waals surface area contributed by atoms with Gasteiger partial charge in [0.25, 0.3) is 0 Å². The molecule has 0 saturated carbocycles. The average molecular weight is 265 g/mol. The molecule has 0 aliphatic heterocycles. The van der Waals surface area contributed by atoms with Gasteiger partial charge in [0.15, 0.2) is 0 Å². The molecule has 1 rings (SSSR count). The lowest BCUT2D eigenvalue weighted by molar-refractivity contribution is -0.141. The fourth-order valence-corrected chi connectivity index (χ4v) is 2.29. The van der Waals surface area contributed by atoms with E-state index in [9.17, 15) is 9.90 Å². The lowest BCUT2D eigenvalue weighted by Crippen LogP contribution is -2.32. The Kier molecular flexibility index (Phi) is 5.09. The van der Waals surface area contributed by atoms with Crippen molar-refractivity contribution in [2.45, 2.75) is 46.3 Å². The van der Waals surface area contributed by atoms with Gasteiger partial charge in [-0.2, -0.15) is 0 Å². The average Bonchev–Trinajstić information content (AvgIpc) is 2.36. The van der Waals surface area contributed by atoms with Crippen LogP contribution in [0.1, 0.15) is 40.3 Å². The Bertz CT molecular complexity index is 457. The van der Waals surface area contributed by atoms with Crippen molar-refractivity contribution in [1.82, 2.24) is 0 Å². The number of hydrogen-bond acceptors (Lipinski definition) is 4. The number of methoxy groups -OCH3 is 1. The molecular weight excluding hydrogens is 242 g/mol. The molecule has 0 aromatic heterocycles. The molecule has 4 nitrogen and oxygen atoms in total. The maximum atomic E-state index is 11.2. The largest absolute Gasteiger partial charge is 0.469 e. The van der Waals surface area contributed by atoms with Gasteiger partial charge in [-0.15, -0.1) is 0 Å². The third kappa shape index (κ3) is 3.33. The monoisotopic (exact) mass is 265 g/mol. The number of rotatable bonds is 4. The van der Waals surface area contributed by atoms with Crippen LogP contribution in [0.15, 0.2) is 6.07 Å². The molecule has 1 aromatic rings. The first kappa shape index (κ1) is 15.7. The van der Waals surface area contributed by atoms with Crippen molar-refractivity contribution in [2.75, 3.05) is 7.11 Å². The van der Waals surface area contributed by atoms with E-state index in [1.807, 2.05) is 27.7 Å². The standard InChI is InChI=1S/C15H23NO3/c1-8-6-9(2)11(4)14(10(8)3)15(18)12(16)7-13(17)19-5/h6,12,15,18H,7,16H2,1-5H3. The Labute approximate surface area is 114 Å². The Morgan fingerprint density at radius 1 is 1.26 bits per heavy atom. The van der Waals surface area contributed by atoms with Crippen LogP contribution in [0.3, 0.4) is 0 Å². The highest BCUT2D eigenvalue weighted by Crippen LogP contribution is 2.29. The van der Waals surface area contributed by atoms with Crippen LogP contribution in [-0.2, 0) is 9.53 Å². The first-order valence-electron chi connectivity index (χ1n) is 6.37. The fourth-order valence-electron chi connectivity index (χ4n) is 2.29. The van der Waals surface area contributed by atoms with E-state index in [1.54, 1.807) is 0 Å². The highest BCUT2D eigenvalue weighted by molar-refractivity contribution is 5.70. The number of ether oxygens (including phenoxy) is 1. The minimum atomic E-state index is -0.863. The maximum absolute atomic E-state index is 11.2. The van der Waals surface area contributed by atoms with Crippen LogP contribution in [0.5, 0.6) is 0 Å². The van der Waals surface area contributed by atoms with E-state index >= 15 is 0 Å². The van der Waals surface area contributed by atoms with Gasteiger partial charge in [-0.3, -0.25) is 4.79 Å². The summed E-state index contributed by atoms with van der Waals surface area (Å²) in [6.07, 6.45) is -0.860. The van der Waals surface area contributed by atoms with E-state index in [4.69, 9.17) is 5.73 Å². The summed E-state index contributed by atoms with van der Waals surface area (Å²) in [5, 5.41) is 10.4.